The molecule has 1 aliphatic rings. The third-order valence-electron chi connectivity index (χ3n) is 4.12. The number of benzene rings is 2. The summed E-state index contributed by atoms with van der Waals surface area (Å²) in [6.07, 6.45) is 0. The monoisotopic (exact) mass is 338 g/mol. The predicted octanol–water partition coefficient (Wildman–Crippen LogP) is 4.00. The quantitative estimate of drug-likeness (QED) is 0.822. The Bertz CT molecular complexity index is 687. The van der Waals surface area contributed by atoms with E-state index < -0.39 is 0 Å². The molecule has 0 bridgehead atoms. The van der Waals surface area contributed by atoms with Gasteiger partial charge >= 0.3 is 0 Å². The first-order valence-electron chi connectivity index (χ1n) is 8.01. The fourth-order valence-corrected chi connectivity index (χ4v) is 4.14. The highest BCUT2D eigenvalue weighted by Gasteiger charge is 2.35. The highest BCUT2D eigenvalue weighted by molar-refractivity contribution is 8.00. The van der Waals surface area contributed by atoms with E-state index in [0.29, 0.717) is 5.75 Å². The second kappa shape index (κ2) is 7.14. The number of ketones is 1. The van der Waals surface area contributed by atoms with Crippen LogP contribution in [0.15, 0.2) is 60.7 Å². The second-order valence-corrected chi connectivity index (χ2v) is 7.03. The summed E-state index contributed by atoms with van der Waals surface area (Å²) in [7, 11) is 4.21. The van der Waals surface area contributed by atoms with E-state index in [0.717, 1.165) is 0 Å². The first-order chi connectivity index (χ1) is 11.6. The Morgan fingerprint density at radius 1 is 0.875 bits per heavy atom. The van der Waals surface area contributed by atoms with Crippen LogP contribution in [0.2, 0.25) is 0 Å². The number of hydrogen-bond acceptors (Lipinski definition) is 4. The van der Waals surface area contributed by atoms with Gasteiger partial charge in [-0.3, -0.25) is 4.79 Å². The van der Waals surface area contributed by atoms with Gasteiger partial charge in [0.2, 0.25) is 0 Å². The SMILES string of the molecule is CC(=O)CSC1N(C)C(c2ccccc2)=C(c2ccccc2)N1C. The zero-order chi connectivity index (χ0) is 17.1. The molecule has 4 heteroatoms. The van der Waals surface area contributed by atoms with Gasteiger partial charge in [0.25, 0.3) is 0 Å². The Morgan fingerprint density at radius 3 is 1.67 bits per heavy atom. The van der Waals surface area contributed by atoms with E-state index in [9.17, 15) is 4.79 Å². The van der Waals surface area contributed by atoms with Gasteiger partial charge in [-0.1, -0.05) is 60.7 Å². The molecule has 0 N–H and O–H groups in total. The number of thioether (sulfide) groups is 1. The van der Waals surface area contributed by atoms with E-state index in [-0.39, 0.29) is 11.3 Å². The summed E-state index contributed by atoms with van der Waals surface area (Å²) >= 11 is 1.67. The number of carbonyl (C=O) groups is 1. The molecule has 1 aliphatic heterocycles. The molecule has 2 aromatic carbocycles. The summed E-state index contributed by atoms with van der Waals surface area (Å²) < 4.78 is 0. The van der Waals surface area contributed by atoms with Crippen LogP contribution in [0.5, 0.6) is 0 Å². The Kier molecular flexibility index (Phi) is 4.95. The summed E-state index contributed by atoms with van der Waals surface area (Å²) in [5.41, 5.74) is 4.89. The molecule has 0 saturated carbocycles. The summed E-state index contributed by atoms with van der Waals surface area (Å²) in [5.74, 6) is 0.722. The van der Waals surface area contributed by atoms with E-state index in [1.807, 2.05) is 12.1 Å². The number of carbonyl (C=O) groups excluding carboxylic acids is 1. The molecular weight excluding hydrogens is 316 g/mol. The lowest BCUT2D eigenvalue weighted by Crippen LogP contribution is -2.33. The van der Waals surface area contributed by atoms with Crippen molar-refractivity contribution >= 4 is 28.9 Å². The Morgan fingerprint density at radius 2 is 1.29 bits per heavy atom. The van der Waals surface area contributed by atoms with Gasteiger partial charge in [-0.2, -0.15) is 0 Å². The zero-order valence-corrected chi connectivity index (χ0v) is 15.1. The standard InChI is InChI=1S/C20H22N2OS/c1-15(23)14-24-20-21(2)18(16-10-6-4-7-11-16)19(22(20)3)17-12-8-5-9-13-17/h4-13,20H,14H2,1-3H3. The van der Waals surface area contributed by atoms with Gasteiger partial charge in [0.1, 0.15) is 5.78 Å². The Labute approximate surface area is 148 Å². The third-order valence-corrected chi connectivity index (χ3v) is 5.63. The number of Topliss-reactive ketones (excluding diaryl/α,β-unsaturated/α-hetero) is 1. The molecule has 0 radical (unpaired) electrons. The zero-order valence-electron chi connectivity index (χ0n) is 14.3. The Balaban J connectivity index is 2.06. The summed E-state index contributed by atoms with van der Waals surface area (Å²) in [4.78, 5) is 16.0. The lowest BCUT2D eigenvalue weighted by molar-refractivity contribution is -0.114. The van der Waals surface area contributed by atoms with Gasteiger partial charge in [0, 0.05) is 25.2 Å². The normalized spacial score (nSPS) is 15.3. The average Bonchev–Trinajstić information content (AvgIpc) is 2.85. The van der Waals surface area contributed by atoms with E-state index in [1.54, 1.807) is 18.7 Å². The second-order valence-electron chi connectivity index (χ2n) is 5.99. The van der Waals surface area contributed by atoms with Crippen molar-refractivity contribution in [2.45, 2.75) is 12.4 Å². The molecule has 1 heterocycles. The van der Waals surface area contributed by atoms with Gasteiger partial charge in [0.05, 0.1) is 17.1 Å². The summed E-state index contributed by atoms with van der Waals surface area (Å²) in [5, 5.41) is 0. The summed E-state index contributed by atoms with van der Waals surface area (Å²) in [6, 6.07) is 20.9. The van der Waals surface area contributed by atoms with Crippen molar-refractivity contribution in [3.63, 3.8) is 0 Å². The van der Waals surface area contributed by atoms with E-state index in [1.165, 1.54) is 22.5 Å². The van der Waals surface area contributed by atoms with E-state index >= 15 is 0 Å². The van der Waals surface area contributed by atoms with Crippen molar-refractivity contribution in [2.75, 3.05) is 19.8 Å². The molecule has 24 heavy (non-hydrogen) atoms. The molecule has 2 aromatic rings. The van der Waals surface area contributed by atoms with Crippen molar-refractivity contribution in [2.24, 2.45) is 0 Å². The molecule has 0 unspecified atom stereocenters. The van der Waals surface area contributed by atoms with Crippen LogP contribution in [-0.2, 0) is 4.79 Å². The van der Waals surface area contributed by atoms with Crippen molar-refractivity contribution in [3.8, 4) is 0 Å². The van der Waals surface area contributed by atoms with Crippen LogP contribution in [-0.4, -0.2) is 40.9 Å². The lowest BCUT2D eigenvalue weighted by atomic mass is 10.1. The molecule has 3 nitrogen and oxygen atoms in total. The molecular formula is C20H22N2OS. The molecule has 3 rings (SSSR count). The summed E-state index contributed by atoms with van der Waals surface area (Å²) in [6.45, 7) is 1.64. The van der Waals surface area contributed by atoms with Gasteiger partial charge in [-0.25, -0.2) is 0 Å². The van der Waals surface area contributed by atoms with Gasteiger partial charge in [-0.15, -0.1) is 11.8 Å². The minimum Gasteiger partial charge on any atom is -0.344 e. The van der Waals surface area contributed by atoms with Crippen LogP contribution in [0.25, 0.3) is 11.4 Å². The van der Waals surface area contributed by atoms with Crippen LogP contribution in [0, 0.1) is 0 Å². The predicted molar refractivity (Wildman–Crippen MR) is 102 cm³/mol. The van der Waals surface area contributed by atoms with Crippen LogP contribution in [0.1, 0.15) is 18.1 Å². The van der Waals surface area contributed by atoms with Crippen molar-refractivity contribution in [1.29, 1.82) is 0 Å². The minimum atomic E-state index is 0.110. The van der Waals surface area contributed by atoms with Gasteiger partial charge < -0.3 is 9.80 Å². The number of nitrogens with zero attached hydrogens (tertiary/aromatic N) is 2. The minimum absolute atomic E-state index is 0.110. The maximum atomic E-state index is 11.4. The van der Waals surface area contributed by atoms with Crippen molar-refractivity contribution in [1.82, 2.24) is 9.80 Å². The highest BCUT2D eigenvalue weighted by Crippen LogP contribution is 2.42. The molecule has 0 amide bonds. The topological polar surface area (TPSA) is 23.6 Å². The van der Waals surface area contributed by atoms with Crippen LogP contribution < -0.4 is 0 Å². The Hall–Kier alpha value is -2.20. The fraction of sp³-hybridized carbons (Fsp3) is 0.250. The van der Waals surface area contributed by atoms with E-state index in [4.69, 9.17) is 0 Å². The molecule has 0 spiro atoms. The van der Waals surface area contributed by atoms with Crippen LogP contribution in [0.4, 0.5) is 0 Å². The average molecular weight is 338 g/mol. The maximum Gasteiger partial charge on any atom is 0.150 e. The largest absolute Gasteiger partial charge is 0.344 e. The molecule has 0 atom stereocenters. The van der Waals surface area contributed by atoms with Crippen LogP contribution in [0.3, 0.4) is 0 Å². The van der Waals surface area contributed by atoms with Crippen molar-refractivity contribution in [3.05, 3.63) is 71.8 Å². The molecule has 0 aliphatic carbocycles. The smallest absolute Gasteiger partial charge is 0.150 e. The fourth-order valence-electron chi connectivity index (χ4n) is 3.10. The first kappa shape index (κ1) is 16.7. The highest BCUT2D eigenvalue weighted by atomic mass is 32.2. The van der Waals surface area contributed by atoms with Gasteiger partial charge in [0.15, 0.2) is 5.50 Å². The third kappa shape index (κ3) is 3.20. The first-order valence-corrected chi connectivity index (χ1v) is 9.06. The van der Waals surface area contributed by atoms with E-state index in [2.05, 4.69) is 72.4 Å². The van der Waals surface area contributed by atoms with Crippen LogP contribution >= 0.6 is 11.8 Å². The molecule has 0 saturated heterocycles. The molecule has 0 fully saturated rings. The van der Waals surface area contributed by atoms with Crippen molar-refractivity contribution < 1.29 is 4.79 Å². The number of hydrogen-bond donors (Lipinski definition) is 0. The number of rotatable bonds is 5. The maximum absolute atomic E-state index is 11.4. The lowest BCUT2D eigenvalue weighted by Gasteiger charge is -2.29. The molecule has 124 valence electrons. The molecule has 0 aromatic heterocycles. The van der Waals surface area contributed by atoms with Gasteiger partial charge in [-0.05, 0) is 6.92 Å².